The Morgan fingerprint density at radius 1 is 1.12 bits per heavy atom. The second-order valence-corrected chi connectivity index (χ2v) is 8.39. The normalized spacial score (nSPS) is 15.5. The maximum atomic E-state index is 13.0. The molecule has 1 saturated carbocycles. The zero-order valence-electron chi connectivity index (χ0n) is 13.8. The van der Waals surface area contributed by atoms with Crippen LogP contribution >= 0.6 is 0 Å². The number of pyridine rings is 1. The summed E-state index contributed by atoms with van der Waals surface area (Å²) in [5.74, 6) is 0. The van der Waals surface area contributed by atoms with E-state index in [1.54, 1.807) is 41.0 Å². The predicted molar refractivity (Wildman–Crippen MR) is 97.8 cm³/mol. The Morgan fingerprint density at radius 2 is 1.88 bits per heavy atom. The molecule has 5 rings (SSSR count). The standard InChI is InChI=1S/C18H16N4O3S/c23-18-20-15-11-19-17-14(16(15)22(18)12-5-4-6-12)9-10-21(17)26(24,25)13-7-2-1-3-8-13/h1-3,7-12H,4-6H2,(H,20,23). The first-order chi connectivity index (χ1) is 12.6. The minimum Gasteiger partial charge on any atom is -0.304 e. The number of aromatic nitrogens is 4. The molecule has 0 amide bonds. The lowest BCUT2D eigenvalue weighted by Gasteiger charge is -2.26. The van der Waals surface area contributed by atoms with Crippen molar-refractivity contribution in [3.63, 3.8) is 0 Å². The average Bonchev–Trinajstić information content (AvgIpc) is 3.16. The van der Waals surface area contributed by atoms with Crippen LogP contribution < -0.4 is 5.69 Å². The summed E-state index contributed by atoms with van der Waals surface area (Å²) < 4.78 is 28.9. The third-order valence-corrected chi connectivity index (χ3v) is 6.77. The minimum absolute atomic E-state index is 0.163. The Kier molecular flexibility index (Phi) is 3.14. The Balaban J connectivity index is 1.80. The van der Waals surface area contributed by atoms with Gasteiger partial charge in [0.25, 0.3) is 10.0 Å². The van der Waals surface area contributed by atoms with E-state index in [2.05, 4.69) is 9.97 Å². The Morgan fingerprint density at radius 3 is 2.58 bits per heavy atom. The van der Waals surface area contributed by atoms with Gasteiger partial charge in [-0.25, -0.2) is 22.2 Å². The highest BCUT2D eigenvalue weighted by Crippen LogP contribution is 2.35. The number of aromatic amines is 1. The largest absolute Gasteiger partial charge is 0.326 e. The molecule has 1 fully saturated rings. The summed E-state index contributed by atoms with van der Waals surface area (Å²) in [5, 5.41) is 0.659. The Hall–Kier alpha value is -2.87. The third-order valence-electron chi connectivity index (χ3n) is 5.09. The van der Waals surface area contributed by atoms with E-state index in [9.17, 15) is 13.2 Å². The molecule has 1 aromatic carbocycles. The molecule has 0 atom stereocenters. The van der Waals surface area contributed by atoms with Gasteiger partial charge in [-0.05, 0) is 37.5 Å². The fourth-order valence-electron chi connectivity index (χ4n) is 3.57. The lowest BCUT2D eigenvalue weighted by molar-refractivity contribution is 0.314. The number of H-pyrrole nitrogens is 1. The molecule has 0 aliphatic heterocycles. The molecule has 26 heavy (non-hydrogen) atoms. The van der Waals surface area contributed by atoms with Crippen LogP contribution in [-0.2, 0) is 10.0 Å². The van der Waals surface area contributed by atoms with Gasteiger partial charge in [0.2, 0.25) is 0 Å². The summed E-state index contributed by atoms with van der Waals surface area (Å²) in [6.45, 7) is 0. The van der Waals surface area contributed by atoms with Crippen LogP contribution in [0.15, 0.2) is 58.5 Å². The molecule has 0 unspecified atom stereocenters. The van der Waals surface area contributed by atoms with E-state index in [1.807, 2.05) is 0 Å². The summed E-state index contributed by atoms with van der Waals surface area (Å²) in [4.78, 5) is 19.7. The van der Waals surface area contributed by atoms with E-state index >= 15 is 0 Å². The van der Waals surface area contributed by atoms with Gasteiger partial charge < -0.3 is 4.98 Å². The summed E-state index contributed by atoms with van der Waals surface area (Å²) in [5.41, 5.74) is 1.52. The van der Waals surface area contributed by atoms with Gasteiger partial charge in [-0.1, -0.05) is 18.2 Å². The second kappa shape index (κ2) is 5.31. The maximum Gasteiger partial charge on any atom is 0.326 e. The molecule has 0 radical (unpaired) electrons. The first kappa shape index (κ1) is 15.4. The van der Waals surface area contributed by atoms with Crippen LogP contribution in [0, 0.1) is 0 Å². The van der Waals surface area contributed by atoms with Crippen LogP contribution in [0.3, 0.4) is 0 Å². The number of benzene rings is 1. The van der Waals surface area contributed by atoms with Gasteiger partial charge in [0.15, 0.2) is 5.65 Å². The number of rotatable bonds is 3. The summed E-state index contributed by atoms with van der Waals surface area (Å²) >= 11 is 0. The van der Waals surface area contributed by atoms with Crippen molar-refractivity contribution in [1.29, 1.82) is 0 Å². The molecule has 4 aromatic rings. The second-order valence-electron chi connectivity index (χ2n) is 6.57. The number of nitrogens with zero attached hydrogens (tertiary/aromatic N) is 3. The molecule has 0 spiro atoms. The van der Waals surface area contributed by atoms with E-state index in [0.29, 0.717) is 16.6 Å². The fraction of sp³-hybridized carbons (Fsp3) is 0.222. The van der Waals surface area contributed by atoms with Crippen molar-refractivity contribution in [3.05, 3.63) is 59.3 Å². The highest BCUT2D eigenvalue weighted by atomic mass is 32.2. The number of fused-ring (bicyclic) bond motifs is 3. The summed E-state index contributed by atoms with van der Waals surface area (Å²) in [7, 11) is -3.75. The fourth-order valence-corrected chi connectivity index (χ4v) is 4.89. The molecule has 3 aromatic heterocycles. The zero-order valence-corrected chi connectivity index (χ0v) is 14.6. The average molecular weight is 368 g/mol. The van der Waals surface area contributed by atoms with Gasteiger partial charge in [0, 0.05) is 17.6 Å². The molecule has 8 heteroatoms. The smallest absolute Gasteiger partial charge is 0.304 e. The molecule has 1 N–H and O–H groups in total. The summed E-state index contributed by atoms with van der Waals surface area (Å²) in [6, 6.07) is 10.1. The number of nitrogens with one attached hydrogen (secondary N) is 1. The van der Waals surface area contributed by atoms with E-state index in [-0.39, 0.29) is 16.6 Å². The predicted octanol–water partition coefficient (Wildman–Crippen LogP) is 2.64. The van der Waals surface area contributed by atoms with Gasteiger partial charge in [0.1, 0.15) is 0 Å². The Bertz CT molecular complexity index is 1290. The number of hydrogen-bond acceptors (Lipinski definition) is 4. The number of imidazole rings is 1. The molecule has 3 heterocycles. The van der Waals surface area contributed by atoms with Gasteiger partial charge in [-0.3, -0.25) is 4.57 Å². The topological polar surface area (TPSA) is 89.8 Å². The summed E-state index contributed by atoms with van der Waals surface area (Å²) in [6.07, 6.45) is 6.05. The molecule has 7 nitrogen and oxygen atoms in total. The molecule has 0 saturated heterocycles. The lowest BCUT2D eigenvalue weighted by atomic mass is 9.93. The monoisotopic (exact) mass is 368 g/mol. The van der Waals surface area contributed by atoms with Crippen LogP contribution in [0.4, 0.5) is 0 Å². The SMILES string of the molecule is O=c1[nH]c2cnc3c(ccn3S(=O)(=O)c3ccccc3)c2n1C1CCC1. The van der Waals surface area contributed by atoms with Crippen molar-refractivity contribution in [2.75, 3.05) is 0 Å². The first-order valence-electron chi connectivity index (χ1n) is 8.48. The van der Waals surface area contributed by atoms with E-state index < -0.39 is 10.0 Å². The molecule has 0 bridgehead atoms. The molecular formula is C18H16N4O3S. The van der Waals surface area contributed by atoms with Crippen LogP contribution in [0.25, 0.3) is 22.1 Å². The van der Waals surface area contributed by atoms with Gasteiger partial charge in [-0.2, -0.15) is 0 Å². The van der Waals surface area contributed by atoms with Crippen molar-refractivity contribution in [2.45, 2.75) is 30.2 Å². The van der Waals surface area contributed by atoms with Crippen molar-refractivity contribution in [2.24, 2.45) is 0 Å². The van der Waals surface area contributed by atoms with Gasteiger partial charge in [0.05, 0.1) is 22.1 Å². The molecule has 1 aliphatic rings. The van der Waals surface area contributed by atoms with Crippen LogP contribution in [-0.4, -0.2) is 26.9 Å². The molecule has 132 valence electrons. The van der Waals surface area contributed by atoms with E-state index in [4.69, 9.17) is 0 Å². The van der Waals surface area contributed by atoms with Crippen LogP contribution in [0.5, 0.6) is 0 Å². The van der Waals surface area contributed by atoms with Crippen molar-refractivity contribution in [3.8, 4) is 0 Å². The third kappa shape index (κ3) is 2.02. The first-order valence-corrected chi connectivity index (χ1v) is 9.92. The molecular weight excluding hydrogens is 352 g/mol. The quantitative estimate of drug-likeness (QED) is 0.602. The Labute approximate surface area is 149 Å². The van der Waals surface area contributed by atoms with Gasteiger partial charge >= 0.3 is 5.69 Å². The zero-order chi connectivity index (χ0) is 17.9. The van der Waals surface area contributed by atoms with E-state index in [1.165, 1.54) is 16.4 Å². The minimum atomic E-state index is -3.75. The molecule has 1 aliphatic carbocycles. The van der Waals surface area contributed by atoms with Crippen LogP contribution in [0.2, 0.25) is 0 Å². The van der Waals surface area contributed by atoms with Crippen LogP contribution in [0.1, 0.15) is 25.3 Å². The van der Waals surface area contributed by atoms with Crippen molar-refractivity contribution >= 4 is 32.1 Å². The van der Waals surface area contributed by atoms with E-state index in [0.717, 1.165) is 24.8 Å². The lowest BCUT2D eigenvalue weighted by Crippen LogP contribution is -2.26. The highest BCUT2D eigenvalue weighted by Gasteiger charge is 2.26. The van der Waals surface area contributed by atoms with Gasteiger partial charge in [-0.15, -0.1) is 0 Å². The maximum absolute atomic E-state index is 13.0. The number of hydrogen-bond donors (Lipinski definition) is 1. The highest BCUT2D eigenvalue weighted by molar-refractivity contribution is 7.90. The van der Waals surface area contributed by atoms with Crippen molar-refractivity contribution < 1.29 is 8.42 Å². The van der Waals surface area contributed by atoms with Crippen molar-refractivity contribution in [1.82, 2.24) is 18.5 Å².